The van der Waals surface area contributed by atoms with Crippen LogP contribution in [0.25, 0.3) is 0 Å². The van der Waals surface area contributed by atoms with Gasteiger partial charge in [0.1, 0.15) is 6.54 Å². The van der Waals surface area contributed by atoms with Gasteiger partial charge in [-0.25, -0.2) is 0 Å². The summed E-state index contributed by atoms with van der Waals surface area (Å²) >= 11 is 0. The molecule has 0 saturated heterocycles. The van der Waals surface area contributed by atoms with E-state index in [1.54, 1.807) is 0 Å². The molecule has 0 N–H and O–H groups in total. The SMILES string of the molecule is [CH2]CCC[CH]N=O. The molecule has 0 aliphatic carbocycles. The fraction of sp³-hybridized carbons (Fsp3) is 0.600. The number of hydrogen-bond acceptors (Lipinski definition) is 2. The van der Waals surface area contributed by atoms with Crippen LogP contribution in [0.5, 0.6) is 0 Å². The standard InChI is InChI=1S/C5H9NO/c1-2-3-4-5-6-7/h5H,1-4H2. The summed E-state index contributed by atoms with van der Waals surface area (Å²) in [5.41, 5.74) is 0. The van der Waals surface area contributed by atoms with Gasteiger partial charge in [-0.1, -0.05) is 24.9 Å². The Morgan fingerprint density at radius 2 is 2.43 bits per heavy atom. The monoisotopic (exact) mass is 99.1 g/mol. The second-order valence-corrected chi connectivity index (χ2v) is 1.28. The highest BCUT2D eigenvalue weighted by molar-refractivity contribution is 4.58. The molecule has 0 saturated carbocycles. The highest BCUT2D eigenvalue weighted by atomic mass is 16.3. The largest absolute Gasteiger partial charge is 0.150 e. The van der Waals surface area contributed by atoms with Crippen LogP contribution >= 0.6 is 0 Å². The van der Waals surface area contributed by atoms with Crippen molar-refractivity contribution in [1.29, 1.82) is 0 Å². The fourth-order valence-corrected chi connectivity index (χ4v) is 0.288. The van der Waals surface area contributed by atoms with Crippen LogP contribution in [0.1, 0.15) is 19.3 Å². The lowest BCUT2D eigenvalue weighted by molar-refractivity contribution is 0.816. The minimum atomic E-state index is 0.771. The van der Waals surface area contributed by atoms with Crippen molar-refractivity contribution in [3.63, 3.8) is 0 Å². The number of unbranched alkanes of at least 4 members (excludes halogenated alkanes) is 2. The van der Waals surface area contributed by atoms with Crippen molar-refractivity contribution >= 4 is 0 Å². The molecule has 7 heavy (non-hydrogen) atoms. The van der Waals surface area contributed by atoms with E-state index in [-0.39, 0.29) is 0 Å². The molecule has 2 radical (unpaired) electrons. The molecule has 0 unspecified atom stereocenters. The Morgan fingerprint density at radius 1 is 1.71 bits per heavy atom. The third kappa shape index (κ3) is 5.60. The molecular weight excluding hydrogens is 90.1 g/mol. The topological polar surface area (TPSA) is 29.4 Å². The zero-order valence-corrected chi connectivity index (χ0v) is 4.26. The van der Waals surface area contributed by atoms with Gasteiger partial charge < -0.3 is 0 Å². The lowest BCUT2D eigenvalue weighted by atomic mass is 10.3. The minimum Gasteiger partial charge on any atom is -0.150 e. The Morgan fingerprint density at radius 3 is 2.86 bits per heavy atom. The van der Waals surface area contributed by atoms with Gasteiger partial charge in [0.05, 0.1) is 0 Å². The van der Waals surface area contributed by atoms with Gasteiger partial charge in [-0.3, -0.25) is 0 Å². The molecule has 0 aromatic heterocycles. The Labute approximate surface area is 43.9 Å². The molecule has 0 aromatic rings. The average molecular weight is 99.1 g/mol. The minimum absolute atomic E-state index is 0.771. The fourth-order valence-electron chi connectivity index (χ4n) is 0.288. The van der Waals surface area contributed by atoms with Crippen molar-refractivity contribution in [2.24, 2.45) is 5.18 Å². The molecule has 0 spiro atoms. The van der Waals surface area contributed by atoms with Crippen LogP contribution in [0, 0.1) is 18.4 Å². The molecule has 0 atom stereocenters. The van der Waals surface area contributed by atoms with Crippen LogP contribution in [0.2, 0.25) is 0 Å². The molecule has 0 amide bonds. The van der Waals surface area contributed by atoms with E-state index in [0.717, 1.165) is 19.3 Å². The molecule has 0 heterocycles. The van der Waals surface area contributed by atoms with Gasteiger partial charge >= 0.3 is 0 Å². The lowest BCUT2D eigenvalue weighted by Gasteiger charge is -1.84. The molecule has 0 bridgehead atoms. The van der Waals surface area contributed by atoms with Crippen molar-refractivity contribution in [3.05, 3.63) is 18.4 Å². The first kappa shape index (κ1) is 6.60. The van der Waals surface area contributed by atoms with Gasteiger partial charge in [0, 0.05) is 0 Å². The van der Waals surface area contributed by atoms with Crippen LogP contribution < -0.4 is 0 Å². The second-order valence-electron chi connectivity index (χ2n) is 1.28. The third-order valence-corrected chi connectivity index (χ3v) is 0.658. The van der Waals surface area contributed by atoms with Gasteiger partial charge in [0.2, 0.25) is 0 Å². The van der Waals surface area contributed by atoms with Crippen LogP contribution in [-0.4, -0.2) is 0 Å². The molecule has 40 valence electrons. The van der Waals surface area contributed by atoms with E-state index in [9.17, 15) is 4.91 Å². The second kappa shape index (κ2) is 5.60. The van der Waals surface area contributed by atoms with Crippen molar-refractivity contribution < 1.29 is 0 Å². The smallest absolute Gasteiger partial charge is 0.118 e. The molecule has 0 rings (SSSR count). The van der Waals surface area contributed by atoms with Gasteiger partial charge in [-0.15, -0.1) is 0 Å². The third-order valence-electron chi connectivity index (χ3n) is 0.658. The maximum absolute atomic E-state index is 9.35. The summed E-state index contributed by atoms with van der Waals surface area (Å²) in [5, 5.41) is 2.57. The van der Waals surface area contributed by atoms with Gasteiger partial charge in [0.15, 0.2) is 0 Å². The average Bonchev–Trinajstić information content (AvgIpc) is 1.69. The molecule has 0 fully saturated rings. The number of rotatable bonds is 4. The maximum Gasteiger partial charge on any atom is 0.118 e. The van der Waals surface area contributed by atoms with Gasteiger partial charge in [-0.2, -0.15) is 4.91 Å². The normalized spacial score (nSPS) is 8.71. The Kier molecular flexibility index (Phi) is 5.28. The van der Waals surface area contributed by atoms with Crippen LogP contribution in [0.3, 0.4) is 0 Å². The first-order valence-electron chi connectivity index (χ1n) is 2.35. The summed E-state index contributed by atoms with van der Waals surface area (Å²) in [7, 11) is 0. The number of nitroso groups, excluding NO2 is 1. The first-order valence-corrected chi connectivity index (χ1v) is 2.35. The quantitative estimate of drug-likeness (QED) is 0.391. The van der Waals surface area contributed by atoms with E-state index >= 15 is 0 Å². The predicted molar refractivity (Wildman–Crippen MR) is 29.3 cm³/mol. The Balaban J connectivity index is 2.56. The summed E-state index contributed by atoms with van der Waals surface area (Å²) < 4.78 is 0. The molecule has 2 nitrogen and oxygen atoms in total. The summed E-state index contributed by atoms with van der Waals surface area (Å²) in [6, 6.07) is 0. The van der Waals surface area contributed by atoms with Crippen molar-refractivity contribution in [2.45, 2.75) is 19.3 Å². The van der Waals surface area contributed by atoms with E-state index in [1.807, 2.05) is 0 Å². The van der Waals surface area contributed by atoms with Crippen molar-refractivity contribution in [3.8, 4) is 0 Å². The first-order chi connectivity index (χ1) is 3.41. The van der Waals surface area contributed by atoms with Crippen molar-refractivity contribution in [2.75, 3.05) is 0 Å². The highest BCUT2D eigenvalue weighted by Gasteiger charge is 1.81. The van der Waals surface area contributed by atoms with Gasteiger partial charge in [-0.05, 0) is 6.42 Å². The molecular formula is C5H9NO. The van der Waals surface area contributed by atoms with E-state index in [1.165, 1.54) is 6.54 Å². The van der Waals surface area contributed by atoms with Crippen LogP contribution in [0.4, 0.5) is 0 Å². The maximum atomic E-state index is 9.35. The number of hydrogen-bond donors (Lipinski definition) is 0. The van der Waals surface area contributed by atoms with Crippen LogP contribution in [0.15, 0.2) is 5.18 Å². The number of nitrogens with zero attached hydrogens (tertiary/aromatic N) is 1. The summed E-state index contributed by atoms with van der Waals surface area (Å²) in [4.78, 5) is 9.35. The highest BCUT2D eigenvalue weighted by Crippen LogP contribution is 1.95. The molecule has 0 aliphatic rings. The summed E-state index contributed by atoms with van der Waals surface area (Å²) in [5.74, 6) is 0. The summed E-state index contributed by atoms with van der Waals surface area (Å²) in [6.07, 6.45) is 2.62. The van der Waals surface area contributed by atoms with Crippen molar-refractivity contribution in [1.82, 2.24) is 0 Å². The van der Waals surface area contributed by atoms with E-state index in [0.29, 0.717) is 0 Å². The zero-order chi connectivity index (χ0) is 5.54. The van der Waals surface area contributed by atoms with Crippen LogP contribution in [-0.2, 0) is 0 Å². The Hall–Kier alpha value is -0.400. The Bertz CT molecular complexity index is 45.3. The van der Waals surface area contributed by atoms with E-state index in [2.05, 4.69) is 12.1 Å². The molecule has 0 aromatic carbocycles. The summed E-state index contributed by atoms with van der Waals surface area (Å²) in [6.45, 7) is 4.96. The lowest BCUT2D eigenvalue weighted by Crippen LogP contribution is -1.69. The van der Waals surface area contributed by atoms with Gasteiger partial charge in [0.25, 0.3) is 0 Å². The molecule has 2 heteroatoms. The molecule has 0 aliphatic heterocycles. The predicted octanol–water partition coefficient (Wildman–Crippen LogP) is 1.92. The zero-order valence-electron chi connectivity index (χ0n) is 4.26. The van der Waals surface area contributed by atoms with E-state index in [4.69, 9.17) is 0 Å². The van der Waals surface area contributed by atoms with E-state index < -0.39 is 0 Å².